The van der Waals surface area contributed by atoms with Crippen LogP contribution in [0.25, 0.3) is 10.8 Å². The van der Waals surface area contributed by atoms with E-state index in [-0.39, 0.29) is 11.9 Å². The maximum Gasteiger partial charge on any atom is 0.243 e. The number of hydrogen-bond donors (Lipinski definition) is 1. The molecule has 0 bridgehead atoms. The summed E-state index contributed by atoms with van der Waals surface area (Å²) in [6.45, 7) is 4.50. The molecule has 2 fully saturated rings. The summed E-state index contributed by atoms with van der Waals surface area (Å²) in [5.74, 6) is 0.589. The summed E-state index contributed by atoms with van der Waals surface area (Å²) >= 11 is 0. The van der Waals surface area contributed by atoms with Crippen molar-refractivity contribution in [2.45, 2.75) is 43.5 Å². The van der Waals surface area contributed by atoms with E-state index in [0.717, 1.165) is 17.2 Å². The van der Waals surface area contributed by atoms with E-state index >= 15 is 0 Å². The Morgan fingerprint density at radius 3 is 2.43 bits per heavy atom. The number of nitrogens with zero attached hydrogens (tertiary/aromatic N) is 2. The molecule has 0 radical (unpaired) electrons. The van der Waals surface area contributed by atoms with Crippen LogP contribution in [-0.4, -0.2) is 62.3 Å². The van der Waals surface area contributed by atoms with E-state index < -0.39 is 10.0 Å². The maximum absolute atomic E-state index is 13.1. The molecule has 1 saturated heterocycles. The summed E-state index contributed by atoms with van der Waals surface area (Å²) in [6, 6.07) is 13.3. The lowest BCUT2D eigenvalue weighted by Crippen LogP contribution is -2.52. The summed E-state index contributed by atoms with van der Waals surface area (Å²) in [4.78, 5) is 14.8. The van der Waals surface area contributed by atoms with Gasteiger partial charge in [-0.15, -0.1) is 0 Å². The van der Waals surface area contributed by atoms with E-state index in [1.165, 1.54) is 23.6 Å². The molecule has 30 heavy (non-hydrogen) atoms. The molecule has 0 unspecified atom stereocenters. The quantitative estimate of drug-likeness (QED) is 0.794. The molecule has 1 aliphatic heterocycles. The number of amides is 1. The van der Waals surface area contributed by atoms with Gasteiger partial charge in [-0.25, -0.2) is 8.42 Å². The second-order valence-electron chi connectivity index (χ2n) is 8.62. The molecule has 1 N–H and O–H groups in total. The number of nitrogens with one attached hydrogen (secondary N) is 1. The van der Waals surface area contributed by atoms with Crippen molar-refractivity contribution in [2.75, 3.05) is 32.7 Å². The van der Waals surface area contributed by atoms with Crippen LogP contribution in [0, 0.1) is 5.92 Å². The molecule has 2 aromatic rings. The zero-order valence-corrected chi connectivity index (χ0v) is 18.4. The summed E-state index contributed by atoms with van der Waals surface area (Å²) in [5.41, 5.74) is 0. The number of benzene rings is 2. The topological polar surface area (TPSA) is 69.7 Å². The van der Waals surface area contributed by atoms with E-state index in [0.29, 0.717) is 43.5 Å². The predicted molar refractivity (Wildman–Crippen MR) is 119 cm³/mol. The third-order valence-electron chi connectivity index (χ3n) is 6.52. The van der Waals surface area contributed by atoms with Gasteiger partial charge in [-0.05, 0) is 41.7 Å². The van der Waals surface area contributed by atoms with Gasteiger partial charge in [0.1, 0.15) is 0 Å². The molecule has 1 aliphatic carbocycles. The molecular weight excluding hydrogens is 398 g/mol. The summed E-state index contributed by atoms with van der Waals surface area (Å²) in [6.07, 6.45) is 4.67. The summed E-state index contributed by atoms with van der Waals surface area (Å²) < 4.78 is 27.7. The van der Waals surface area contributed by atoms with Crippen LogP contribution in [0.2, 0.25) is 0 Å². The Kier molecular flexibility index (Phi) is 6.41. The van der Waals surface area contributed by atoms with Crippen LogP contribution in [0.4, 0.5) is 0 Å². The van der Waals surface area contributed by atoms with Gasteiger partial charge in [-0.2, -0.15) is 4.31 Å². The van der Waals surface area contributed by atoms with Gasteiger partial charge < -0.3 is 5.32 Å². The number of carbonyl (C=O) groups is 1. The lowest BCUT2D eigenvalue weighted by molar-refractivity contribution is -0.123. The minimum atomic E-state index is -3.53. The normalized spacial score (nSPS) is 24.0. The van der Waals surface area contributed by atoms with Crippen molar-refractivity contribution < 1.29 is 13.2 Å². The first-order chi connectivity index (χ1) is 14.4. The number of rotatable bonds is 5. The standard InChI is InChI=1S/C23H31N3O3S/c1-18-6-2-5-9-22(18)24-23(27)17-25-12-14-26(15-13-25)30(28,29)21-11-10-19-7-3-4-8-20(19)16-21/h3-4,7-8,10-11,16,18,22H,2,5-6,9,12-15,17H2,1H3,(H,24,27)/t18-,22-/m0/s1. The van der Waals surface area contributed by atoms with Gasteiger partial charge in [0, 0.05) is 32.2 Å². The molecule has 2 aromatic carbocycles. The van der Waals surface area contributed by atoms with Gasteiger partial charge in [-0.1, -0.05) is 50.1 Å². The summed E-state index contributed by atoms with van der Waals surface area (Å²) in [5, 5.41) is 5.14. The van der Waals surface area contributed by atoms with E-state index in [4.69, 9.17) is 0 Å². The fourth-order valence-corrected chi connectivity index (χ4v) is 6.05. The Bertz CT molecular complexity index is 1000. The minimum Gasteiger partial charge on any atom is -0.352 e. The highest BCUT2D eigenvalue weighted by Crippen LogP contribution is 2.24. The molecular formula is C23H31N3O3S. The summed E-state index contributed by atoms with van der Waals surface area (Å²) in [7, 11) is -3.53. The van der Waals surface area contributed by atoms with E-state index in [1.807, 2.05) is 30.3 Å². The van der Waals surface area contributed by atoms with Crippen molar-refractivity contribution in [2.24, 2.45) is 5.92 Å². The average Bonchev–Trinajstić information content (AvgIpc) is 2.75. The lowest BCUT2D eigenvalue weighted by atomic mass is 9.86. The highest BCUT2D eigenvalue weighted by atomic mass is 32.2. The molecule has 2 aliphatic rings. The number of carbonyl (C=O) groups excluding carboxylic acids is 1. The van der Waals surface area contributed by atoms with Crippen molar-refractivity contribution in [1.82, 2.24) is 14.5 Å². The van der Waals surface area contributed by atoms with E-state index in [9.17, 15) is 13.2 Å². The number of piperazine rings is 1. The van der Waals surface area contributed by atoms with Crippen LogP contribution in [0.15, 0.2) is 47.4 Å². The van der Waals surface area contributed by atoms with Gasteiger partial charge in [-0.3, -0.25) is 9.69 Å². The molecule has 162 valence electrons. The second-order valence-corrected chi connectivity index (χ2v) is 10.6. The van der Waals surface area contributed by atoms with Crippen molar-refractivity contribution in [3.8, 4) is 0 Å². The highest BCUT2D eigenvalue weighted by Gasteiger charge is 2.30. The fraction of sp³-hybridized carbons (Fsp3) is 0.522. The molecule has 0 spiro atoms. The number of fused-ring (bicyclic) bond motifs is 1. The number of sulfonamides is 1. The maximum atomic E-state index is 13.1. The Morgan fingerprint density at radius 2 is 1.70 bits per heavy atom. The third-order valence-corrected chi connectivity index (χ3v) is 8.41. The van der Waals surface area contributed by atoms with Crippen LogP contribution in [0.1, 0.15) is 32.6 Å². The molecule has 6 nitrogen and oxygen atoms in total. The minimum absolute atomic E-state index is 0.0552. The molecule has 2 atom stereocenters. The highest BCUT2D eigenvalue weighted by molar-refractivity contribution is 7.89. The Morgan fingerprint density at radius 1 is 1.00 bits per heavy atom. The van der Waals surface area contributed by atoms with E-state index in [2.05, 4.69) is 17.1 Å². The zero-order chi connectivity index (χ0) is 21.1. The monoisotopic (exact) mass is 429 g/mol. The van der Waals surface area contributed by atoms with Crippen LogP contribution in [-0.2, 0) is 14.8 Å². The van der Waals surface area contributed by atoms with E-state index in [1.54, 1.807) is 12.1 Å². The number of hydrogen-bond acceptors (Lipinski definition) is 4. The van der Waals surface area contributed by atoms with Gasteiger partial charge >= 0.3 is 0 Å². The average molecular weight is 430 g/mol. The van der Waals surface area contributed by atoms with Crippen molar-refractivity contribution in [3.05, 3.63) is 42.5 Å². The second kappa shape index (κ2) is 9.04. The van der Waals surface area contributed by atoms with Gasteiger partial charge in [0.25, 0.3) is 0 Å². The Balaban J connectivity index is 1.33. The zero-order valence-electron chi connectivity index (χ0n) is 17.6. The van der Waals surface area contributed by atoms with Gasteiger partial charge in [0.05, 0.1) is 11.4 Å². The molecule has 7 heteroatoms. The molecule has 0 aromatic heterocycles. The smallest absolute Gasteiger partial charge is 0.243 e. The predicted octanol–water partition coefficient (Wildman–Crippen LogP) is 2.84. The molecule has 1 heterocycles. The first-order valence-electron chi connectivity index (χ1n) is 10.9. The van der Waals surface area contributed by atoms with Crippen LogP contribution in [0.3, 0.4) is 0 Å². The largest absolute Gasteiger partial charge is 0.352 e. The van der Waals surface area contributed by atoms with Crippen LogP contribution in [0.5, 0.6) is 0 Å². The first-order valence-corrected chi connectivity index (χ1v) is 12.4. The first kappa shape index (κ1) is 21.3. The Hall–Kier alpha value is -1.96. The Labute approximate surface area is 179 Å². The molecule has 1 amide bonds. The van der Waals surface area contributed by atoms with Crippen LogP contribution < -0.4 is 5.32 Å². The van der Waals surface area contributed by atoms with Gasteiger partial charge in [0.15, 0.2) is 0 Å². The molecule has 1 saturated carbocycles. The third kappa shape index (κ3) is 4.68. The molecule has 4 rings (SSSR count). The van der Waals surface area contributed by atoms with Crippen molar-refractivity contribution >= 4 is 26.7 Å². The van der Waals surface area contributed by atoms with Gasteiger partial charge in [0.2, 0.25) is 15.9 Å². The SMILES string of the molecule is C[C@H]1CCCC[C@@H]1NC(=O)CN1CCN(S(=O)(=O)c2ccc3ccccc3c2)CC1. The fourth-order valence-electron chi connectivity index (χ4n) is 4.59. The van der Waals surface area contributed by atoms with Crippen LogP contribution >= 0.6 is 0 Å². The lowest BCUT2D eigenvalue weighted by Gasteiger charge is -2.34. The van der Waals surface area contributed by atoms with Crippen molar-refractivity contribution in [3.63, 3.8) is 0 Å². The van der Waals surface area contributed by atoms with Crippen molar-refractivity contribution in [1.29, 1.82) is 0 Å².